The molecule has 0 aromatic heterocycles. The van der Waals surface area contributed by atoms with Gasteiger partial charge < -0.3 is 39.6 Å². The van der Waals surface area contributed by atoms with Gasteiger partial charge in [-0.05, 0) is 37.7 Å². The topological polar surface area (TPSA) is 164 Å². The van der Waals surface area contributed by atoms with Crippen molar-refractivity contribution in [1.29, 1.82) is 0 Å². The fraction of sp³-hybridized carbons (Fsp3) is 0.559. The zero-order chi connectivity index (χ0) is 32.7. The van der Waals surface area contributed by atoms with Crippen LogP contribution in [0, 0.1) is 5.92 Å². The normalized spacial score (nSPS) is 33.4. The molecule has 3 aliphatic carbocycles. The van der Waals surface area contributed by atoms with Crippen molar-refractivity contribution < 1.29 is 48.7 Å². The lowest BCUT2D eigenvalue weighted by Gasteiger charge is -2.43. The Bertz CT molecular complexity index is 1630. The van der Waals surface area contributed by atoms with Crippen LogP contribution in [0.2, 0.25) is 0 Å². The van der Waals surface area contributed by atoms with Crippen LogP contribution in [0.25, 0.3) is 0 Å². The van der Waals surface area contributed by atoms with Crippen LogP contribution in [0.15, 0.2) is 18.2 Å². The minimum absolute atomic E-state index is 0.00365. The number of benzene rings is 2. The molecule has 0 bridgehead atoms. The molecular formula is C34H40N2O10. The molecule has 1 saturated carbocycles. The van der Waals surface area contributed by atoms with Crippen molar-refractivity contribution in [2.24, 2.45) is 5.92 Å². The maximum Gasteiger partial charge on any atom is 0.252 e. The molecule has 246 valence electrons. The van der Waals surface area contributed by atoms with Crippen molar-refractivity contribution in [3.8, 4) is 17.2 Å². The molecule has 12 heteroatoms. The first-order chi connectivity index (χ1) is 22.0. The second kappa shape index (κ2) is 11.3. The van der Waals surface area contributed by atoms with Gasteiger partial charge >= 0.3 is 0 Å². The Hall–Kier alpha value is -3.55. The van der Waals surface area contributed by atoms with Crippen molar-refractivity contribution >= 4 is 17.5 Å². The summed E-state index contributed by atoms with van der Waals surface area (Å²) in [5.41, 5.74) is -2.63. The molecule has 12 nitrogen and oxygen atoms in total. The SMILES string of the molecule is CNC(=O)C1(O)Cc2c(O)c3c(c(O)c2[C@@H](OC2C[C@@H](C)[C@H]4O[C@@H]5[C@@H](OC)CCCN5[C@H]4C2)C1)C(=O)c1c(OC)cccc1C3=O. The van der Waals surface area contributed by atoms with Gasteiger partial charge in [0.15, 0.2) is 5.78 Å². The molecule has 3 fully saturated rings. The van der Waals surface area contributed by atoms with Crippen molar-refractivity contribution in [2.75, 3.05) is 27.8 Å². The lowest BCUT2D eigenvalue weighted by Crippen LogP contribution is -2.53. The highest BCUT2D eigenvalue weighted by atomic mass is 16.6. The standard InChI is InChI=1S/C34H40N2O10/c1-15-11-16(12-19-31(15)46-32-21(44-4)9-6-10-36(19)32)45-22-14-34(42,33(41)35-2)13-18-24(22)30(40)26-25(28(18)38)27(37)17-7-5-8-20(43-3)23(17)29(26)39/h5,7-8,15-16,19,21-22,31-32,38,40,42H,6,9-14H2,1-4H3,(H,35,41)/t15-,16?,19+,21+,22+,31-,32-,34?/m1/s1. The monoisotopic (exact) mass is 636 g/mol. The molecule has 7 rings (SSSR count). The van der Waals surface area contributed by atoms with E-state index in [2.05, 4.69) is 17.1 Å². The van der Waals surface area contributed by atoms with Gasteiger partial charge in [-0.1, -0.05) is 19.1 Å². The van der Waals surface area contributed by atoms with E-state index in [-0.39, 0.29) is 82.1 Å². The smallest absolute Gasteiger partial charge is 0.252 e. The zero-order valence-corrected chi connectivity index (χ0v) is 26.4. The minimum Gasteiger partial charge on any atom is -0.507 e. The summed E-state index contributed by atoms with van der Waals surface area (Å²) in [6.07, 6.45) is 0.887. The molecule has 2 aromatic rings. The number of aliphatic hydroxyl groups is 1. The first-order valence-electron chi connectivity index (χ1n) is 15.9. The first-order valence-corrected chi connectivity index (χ1v) is 15.9. The highest BCUT2D eigenvalue weighted by Gasteiger charge is 2.54. The Morgan fingerprint density at radius 1 is 1.09 bits per heavy atom. The Kier molecular flexibility index (Phi) is 7.64. The lowest BCUT2D eigenvalue weighted by atomic mass is 9.72. The van der Waals surface area contributed by atoms with Gasteiger partial charge in [0, 0.05) is 56.3 Å². The third-order valence-corrected chi connectivity index (χ3v) is 10.7. The predicted molar refractivity (Wildman–Crippen MR) is 162 cm³/mol. The van der Waals surface area contributed by atoms with Gasteiger partial charge in [-0.2, -0.15) is 0 Å². The molecule has 8 atom stereocenters. The molecule has 4 N–H and O–H groups in total. The molecule has 0 radical (unpaired) electrons. The number of nitrogens with one attached hydrogen (secondary N) is 1. The quantitative estimate of drug-likeness (QED) is 0.304. The first kappa shape index (κ1) is 31.1. The number of ketones is 2. The maximum absolute atomic E-state index is 13.9. The van der Waals surface area contributed by atoms with E-state index < -0.39 is 47.1 Å². The average Bonchev–Trinajstić information content (AvgIpc) is 3.43. The van der Waals surface area contributed by atoms with E-state index in [4.69, 9.17) is 18.9 Å². The van der Waals surface area contributed by atoms with E-state index in [1.807, 2.05) is 0 Å². The second-order valence-electron chi connectivity index (χ2n) is 13.3. The number of phenolic OH excluding ortho intramolecular Hbond substituents is 2. The molecule has 2 heterocycles. The van der Waals surface area contributed by atoms with Crippen LogP contribution in [0.3, 0.4) is 0 Å². The number of amides is 1. The fourth-order valence-corrected chi connectivity index (χ4v) is 8.63. The van der Waals surface area contributed by atoms with Gasteiger partial charge in [-0.15, -0.1) is 0 Å². The van der Waals surface area contributed by atoms with Crippen LogP contribution in [0.4, 0.5) is 0 Å². The van der Waals surface area contributed by atoms with Gasteiger partial charge in [-0.3, -0.25) is 19.3 Å². The number of carbonyl (C=O) groups is 3. The number of phenols is 2. The van der Waals surface area contributed by atoms with Crippen LogP contribution < -0.4 is 10.1 Å². The number of aromatic hydroxyl groups is 2. The van der Waals surface area contributed by atoms with E-state index in [1.54, 1.807) is 19.2 Å². The highest BCUT2D eigenvalue weighted by molar-refractivity contribution is 6.31. The fourth-order valence-electron chi connectivity index (χ4n) is 8.63. The van der Waals surface area contributed by atoms with E-state index in [1.165, 1.54) is 20.2 Å². The summed E-state index contributed by atoms with van der Waals surface area (Å²) in [6, 6.07) is 4.62. The van der Waals surface area contributed by atoms with Crippen LogP contribution >= 0.6 is 0 Å². The van der Waals surface area contributed by atoms with E-state index >= 15 is 0 Å². The third-order valence-electron chi connectivity index (χ3n) is 10.7. The van der Waals surface area contributed by atoms with Crippen molar-refractivity contribution in [3.63, 3.8) is 0 Å². The number of ether oxygens (including phenoxy) is 4. The lowest BCUT2D eigenvalue weighted by molar-refractivity contribution is -0.150. The van der Waals surface area contributed by atoms with Gasteiger partial charge in [-0.25, -0.2) is 0 Å². The second-order valence-corrected chi connectivity index (χ2v) is 13.3. The number of hydrogen-bond acceptors (Lipinski definition) is 11. The van der Waals surface area contributed by atoms with Gasteiger partial charge in [0.05, 0.1) is 48.2 Å². The number of nitrogens with zero attached hydrogens (tertiary/aromatic N) is 1. The number of piperidine rings is 1. The maximum atomic E-state index is 13.9. The van der Waals surface area contributed by atoms with Gasteiger partial charge in [0.2, 0.25) is 5.78 Å². The summed E-state index contributed by atoms with van der Waals surface area (Å²) in [7, 11) is 4.48. The summed E-state index contributed by atoms with van der Waals surface area (Å²) in [5, 5.41) is 37.6. The number of rotatable bonds is 5. The predicted octanol–water partition coefficient (Wildman–Crippen LogP) is 2.37. The minimum atomic E-state index is -2.02. The number of hydrogen-bond donors (Lipinski definition) is 4. The Morgan fingerprint density at radius 2 is 1.85 bits per heavy atom. The molecule has 1 amide bonds. The van der Waals surface area contributed by atoms with Crippen molar-refractivity contribution in [3.05, 3.63) is 51.6 Å². The Labute approximate surface area is 266 Å². The average molecular weight is 637 g/mol. The van der Waals surface area contributed by atoms with Crippen LogP contribution in [0.1, 0.15) is 88.1 Å². The molecule has 2 saturated heterocycles. The summed E-state index contributed by atoms with van der Waals surface area (Å²) in [5.74, 6) is -2.84. The molecule has 46 heavy (non-hydrogen) atoms. The van der Waals surface area contributed by atoms with Crippen molar-refractivity contribution in [1.82, 2.24) is 10.2 Å². The van der Waals surface area contributed by atoms with Crippen LogP contribution in [-0.4, -0.2) is 102 Å². The van der Waals surface area contributed by atoms with Crippen molar-refractivity contribution in [2.45, 2.75) is 87.7 Å². The van der Waals surface area contributed by atoms with E-state index in [0.717, 1.165) is 19.4 Å². The summed E-state index contributed by atoms with van der Waals surface area (Å²) < 4.78 is 24.4. The summed E-state index contributed by atoms with van der Waals surface area (Å²) in [6.45, 7) is 2.98. The number of carbonyl (C=O) groups excluding carboxylic acids is 3. The van der Waals surface area contributed by atoms with E-state index in [9.17, 15) is 29.7 Å². The van der Waals surface area contributed by atoms with E-state index in [0.29, 0.717) is 12.8 Å². The zero-order valence-electron chi connectivity index (χ0n) is 26.4. The summed E-state index contributed by atoms with van der Waals surface area (Å²) in [4.78, 5) is 43.1. The summed E-state index contributed by atoms with van der Waals surface area (Å²) >= 11 is 0. The number of methoxy groups -OCH3 is 2. The highest BCUT2D eigenvalue weighted by Crippen LogP contribution is 2.53. The molecule has 2 aromatic carbocycles. The van der Waals surface area contributed by atoms with Crippen LogP contribution in [-0.2, 0) is 25.4 Å². The van der Waals surface area contributed by atoms with Gasteiger partial charge in [0.1, 0.15) is 29.1 Å². The molecule has 2 aliphatic heterocycles. The number of fused-ring (bicyclic) bond motifs is 6. The molecule has 2 unspecified atom stereocenters. The third kappa shape index (κ3) is 4.49. The van der Waals surface area contributed by atoms with Crippen LogP contribution in [0.5, 0.6) is 17.2 Å². The molecular weight excluding hydrogens is 596 g/mol. The Morgan fingerprint density at radius 3 is 2.57 bits per heavy atom. The van der Waals surface area contributed by atoms with Gasteiger partial charge in [0.25, 0.3) is 5.91 Å². The molecule has 5 aliphatic rings. The largest absolute Gasteiger partial charge is 0.507 e. The molecule has 0 spiro atoms. The Balaban J connectivity index is 1.30. The number of likely N-dealkylation sites (N-methyl/N-ethyl adjacent to an activating group) is 1.